The van der Waals surface area contributed by atoms with Crippen molar-refractivity contribution < 1.29 is 13.9 Å². The highest BCUT2D eigenvalue weighted by molar-refractivity contribution is 5.58. The lowest BCUT2D eigenvalue weighted by molar-refractivity contribution is 0.246. The Morgan fingerprint density at radius 1 is 0.929 bits per heavy atom. The van der Waals surface area contributed by atoms with Crippen LogP contribution >= 0.6 is 0 Å². The van der Waals surface area contributed by atoms with Gasteiger partial charge in [0.05, 0.1) is 25.6 Å². The SMILES string of the molecule is COc1ccc(-c2nc(CN3CCN(c4ccccc4OC)CC3)co2)cc1. The molecule has 4 rings (SSSR count). The van der Waals surface area contributed by atoms with Gasteiger partial charge in [0.25, 0.3) is 0 Å². The number of methoxy groups -OCH3 is 2. The zero-order valence-electron chi connectivity index (χ0n) is 16.3. The van der Waals surface area contributed by atoms with Gasteiger partial charge in [-0.15, -0.1) is 0 Å². The monoisotopic (exact) mass is 379 g/mol. The average molecular weight is 379 g/mol. The van der Waals surface area contributed by atoms with E-state index in [1.165, 1.54) is 0 Å². The topological polar surface area (TPSA) is 51.0 Å². The van der Waals surface area contributed by atoms with Gasteiger partial charge in [-0.2, -0.15) is 0 Å². The van der Waals surface area contributed by atoms with E-state index < -0.39 is 0 Å². The first-order chi connectivity index (χ1) is 13.8. The van der Waals surface area contributed by atoms with Crippen LogP contribution < -0.4 is 14.4 Å². The third-order valence-electron chi connectivity index (χ3n) is 5.07. The first-order valence-electron chi connectivity index (χ1n) is 9.46. The molecule has 1 saturated heterocycles. The lowest BCUT2D eigenvalue weighted by Crippen LogP contribution is -2.46. The van der Waals surface area contributed by atoms with Crippen molar-refractivity contribution >= 4 is 5.69 Å². The summed E-state index contributed by atoms with van der Waals surface area (Å²) in [6.07, 6.45) is 1.76. The van der Waals surface area contributed by atoms with Gasteiger partial charge >= 0.3 is 0 Å². The Kier molecular flexibility index (Phi) is 5.48. The Morgan fingerprint density at radius 2 is 1.68 bits per heavy atom. The molecule has 1 fully saturated rings. The minimum absolute atomic E-state index is 0.644. The number of oxazole rings is 1. The van der Waals surface area contributed by atoms with Crippen molar-refractivity contribution in [2.75, 3.05) is 45.3 Å². The van der Waals surface area contributed by atoms with Crippen LogP contribution in [-0.4, -0.2) is 50.3 Å². The largest absolute Gasteiger partial charge is 0.497 e. The van der Waals surface area contributed by atoms with Gasteiger partial charge in [0.15, 0.2) is 0 Å². The van der Waals surface area contributed by atoms with E-state index in [-0.39, 0.29) is 0 Å². The van der Waals surface area contributed by atoms with Crippen LogP contribution in [0.3, 0.4) is 0 Å². The summed E-state index contributed by atoms with van der Waals surface area (Å²) in [6.45, 7) is 4.66. The van der Waals surface area contributed by atoms with Gasteiger partial charge in [-0.1, -0.05) is 12.1 Å². The lowest BCUT2D eigenvalue weighted by atomic mass is 10.2. The molecule has 2 aromatic carbocycles. The molecule has 6 nitrogen and oxygen atoms in total. The molecule has 28 heavy (non-hydrogen) atoms. The maximum Gasteiger partial charge on any atom is 0.226 e. The summed E-state index contributed by atoms with van der Waals surface area (Å²) >= 11 is 0. The summed E-state index contributed by atoms with van der Waals surface area (Å²) in [7, 11) is 3.38. The van der Waals surface area contributed by atoms with Crippen LogP contribution in [0.5, 0.6) is 11.5 Å². The van der Waals surface area contributed by atoms with Crippen molar-refractivity contribution in [3.63, 3.8) is 0 Å². The number of aromatic nitrogens is 1. The van der Waals surface area contributed by atoms with Crippen LogP contribution in [0.25, 0.3) is 11.5 Å². The molecule has 3 aromatic rings. The molecular formula is C22H25N3O3. The fraction of sp³-hybridized carbons (Fsp3) is 0.318. The molecule has 0 saturated carbocycles. The zero-order valence-corrected chi connectivity index (χ0v) is 16.3. The normalized spacial score (nSPS) is 14.9. The zero-order chi connectivity index (χ0) is 19.3. The number of para-hydroxylation sites is 2. The molecule has 0 radical (unpaired) electrons. The minimum atomic E-state index is 0.644. The van der Waals surface area contributed by atoms with Crippen molar-refractivity contribution in [3.05, 3.63) is 60.5 Å². The van der Waals surface area contributed by atoms with E-state index in [1.54, 1.807) is 20.5 Å². The van der Waals surface area contributed by atoms with Gasteiger partial charge in [0.1, 0.15) is 17.8 Å². The summed E-state index contributed by atoms with van der Waals surface area (Å²) in [5.41, 5.74) is 3.07. The van der Waals surface area contributed by atoms with E-state index in [9.17, 15) is 0 Å². The second-order valence-corrected chi connectivity index (χ2v) is 6.81. The third kappa shape index (κ3) is 3.97. The molecule has 0 N–H and O–H groups in total. The van der Waals surface area contributed by atoms with E-state index in [0.29, 0.717) is 5.89 Å². The summed E-state index contributed by atoms with van der Waals surface area (Å²) in [6, 6.07) is 15.9. The first-order valence-corrected chi connectivity index (χ1v) is 9.46. The highest BCUT2D eigenvalue weighted by Gasteiger charge is 2.20. The Morgan fingerprint density at radius 3 is 2.39 bits per heavy atom. The van der Waals surface area contributed by atoms with Crippen LogP contribution in [0.15, 0.2) is 59.2 Å². The summed E-state index contributed by atoms with van der Waals surface area (Å²) in [5, 5.41) is 0. The number of piperazine rings is 1. The van der Waals surface area contributed by atoms with E-state index in [2.05, 4.69) is 26.9 Å². The molecule has 1 aromatic heterocycles. The van der Waals surface area contributed by atoms with Crippen molar-refractivity contribution in [3.8, 4) is 23.0 Å². The van der Waals surface area contributed by atoms with Crippen LogP contribution in [0.4, 0.5) is 5.69 Å². The number of anilines is 1. The van der Waals surface area contributed by atoms with E-state index in [1.807, 2.05) is 36.4 Å². The van der Waals surface area contributed by atoms with Crippen LogP contribution in [0.2, 0.25) is 0 Å². The smallest absolute Gasteiger partial charge is 0.226 e. The Labute approximate surface area is 165 Å². The van der Waals surface area contributed by atoms with Crippen molar-refractivity contribution in [2.45, 2.75) is 6.54 Å². The number of hydrogen-bond donors (Lipinski definition) is 0. The third-order valence-corrected chi connectivity index (χ3v) is 5.07. The molecule has 146 valence electrons. The van der Waals surface area contributed by atoms with Crippen LogP contribution in [-0.2, 0) is 6.54 Å². The second-order valence-electron chi connectivity index (χ2n) is 6.81. The molecule has 0 atom stereocenters. The van der Waals surface area contributed by atoms with Crippen molar-refractivity contribution in [1.82, 2.24) is 9.88 Å². The summed E-state index contributed by atoms with van der Waals surface area (Å²) < 4.78 is 16.4. The molecule has 0 spiro atoms. The van der Waals surface area contributed by atoms with Gasteiger partial charge in [-0.05, 0) is 36.4 Å². The molecule has 0 unspecified atom stereocenters. The standard InChI is InChI=1S/C22H25N3O3/c1-26-19-9-7-17(8-10-19)22-23-18(16-28-22)15-24-11-13-25(14-12-24)20-5-3-4-6-21(20)27-2/h3-10,16H,11-15H2,1-2H3. The van der Waals surface area contributed by atoms with Gasteiger partial charge in [0, 0.05) is 38.3 Å². The molecule has 1 aliphatic heterocycles. The molecule has 6 heteroatoms. The number of ether oxygens (including phenoxy) is 2. The Bertz CT molecular complexity index is 899. The maximum atomic E-state index is 5.68. The molecule has 2 heterocycles. The molecule has 0 amide bonds. The predicted molar refractivity (Wildman–Crippen MR) is 109 cm³/mol. The summed E-state index contributed by atoms with van der Waals surface area (Å²) in [4.78, 5) is 9.43. The second kappa shape index (κ2) is 8.35. The van der Waals surface area contributed by atoms with Gasteiger partial charge in [-0.25, -0.2) is 4.98 Å². The average Bonchev–Trinajstić information content (AvgIpc) is 3.23. The van der Waals surface area contributed by atoms with Crippen molar-refractivity contribution in [1.29, 1.82) is 0 Å². The number of benzene rings is 2. The maximum absolute atomic E-state index is 5.68. The number of rotatable bonds is 6. The van der Waals surface area contributed by atoms with E-state index in [0.717, 1.165) is 61.2 Å². The lowest BCUT2D eigenvalue weighted by Gasteiger charge is -2.36. The number of nitrogens with zero attached hydrogens (tertiary/aromatic N) is 3. The Balaban J connectivity index is 1.35. The molecular weight excluding hydrogens is 354 g/mol. The summed E-state index contributed by atoms with van der Waals surface area (Å²) in [5.74, 6) is 2.39. The van der Waals surface area contributed by atoms with Crippen molar-refractivity contribution in [2.24, 2.45) is 0 Å². The van der Waals surface area contributed by atoms with E-state index in [4.69, 9.17) is 13.9 Å². The quantitative estimate of drug-likeness (QED) is 0.651. The first kappa shape index (κ1) is 18.4. The molecule has 1 aliphatic rings. The highest BCUT2D eigenvalue weighted by Crippen LogP contribution is 2.28. The fourth-order valence-electron chi connectivity index (χ4n) is 3.51. The molecule has 0 aliphatic carbocycles. The molecule has 0 bridgehead atoms. The van der Waals surface area contributed by atoms with Gasteiger partial charge < -0.3 is 18.8 Å². The Hall–Kier alpha value is -2.99. The van der Waals surface area contributed by atoms with Crippen LogP contribution in [0, 0.1) is 0 Å². The highest BCUT2D eigenvalue weighted by atomic mass is 16.5. The predicted octanol–water partition coefficient (Wildman–Crippen LogP) is 3.68. The fourth-order valence-corrected chi connectivity index (χ4v) is 3.51. The number of hydrogen-bond acceptors (Lipinski definition) is 6. The minimum Gasteiger partial charge on any atom is -0.497 e. The van der Waals surface area contributed by atoms with E-state index >= 15 is 0 Å². The van der Waals surface area contributed by atoms with Crippen LogP contribution in [0.1, 0.15) is 5.69 Å². The van der Waals surface area contributed by atoms with Gasteiger partial charge in [0.2, 0.25) is 5.89 Å². The van der Waals surface area contributed by atoms with Gasteiger partial charge in [-0.3, -0.25) is 4.90 Å².